The van der Waals surface area contributed by atoms with Crippen molar-refractivity contribution in [1.29, 1.82) is 0 Å². The van der Waals surface area contributed by atoms with Gasteiger partial charge in [0.15, 0.2) is 0 Å². The summed E-state index contributed by atoms with van der Waals surface area (Å²) in [6.45, 7) is 3.52. The highest BCUT2D eigenvalue weighted by molar-refractivity contribution is 6.01. The molecule has 1 unspecified atom stereocenters. The lowest BCUT2D eigenvalue weighted by Gasteiger charge is -2.18. The summed E-state index contributed by atoms with van der Waals surface area (Å²) in [4.78, 5) is 25.1. The van der Waals surface area contributed by atoms with Gasteiger partial charge in [0.1, 0.15) is 6.04 Å². The number of carbonyl (C=O) groups excluding carboxylic acids is 2. The molecule has 18 heavy (non-hydrogen) atoms. The molecule has 0 spiro atoms. The van der Waals surface area contributed by atoms with Gasteiger partial charge in [-0.15, -0.1) is 0 Å². The Morgan fingerprint density at radius 3 is 2.50 bits per heavy atom. The van der Waals surface area contributed by atoms with Crippen LogP contribution in [-0.4, -0.2) is 36.9 Å². The number of rotatable bonds is 3. The second-order valence-electron chi connectivity index (χ2n) is 4.52. The number of nitrogens with one attached hydrogen (secondary N) is 1. The minimum Gasteiger partial charge on any atom is -0.398 e. The van der Waals surface area contributed by atoms with Crippen molar-refractivity contribution in [3.63, 3.8) is 0 Å². The number of hydrogen-bond donors (Lipinski definition) is 2. The van der Waals surface area contributed by atoms with Crippen molar-refractivity contribution in [2.24, 2.45) is 0 Å². The number of carbonyl (C=O) groups is 2. The smallest absolute Gasteiger partial charge is 0.254 e. The third kappa shape index (κ3) is 3.23. The van der Waals surface area contributed by atoms with Crippen molar-refractivity contribution >= 4 is 17.5 Å². The lowest BCUT2D eigenvalue weighted by Crippen LogP contribution is -2.44. The molecule has 5 heteroatoms. The lowest BCUT2D eigenvalue weighted by molar-refractivity contribution is -0.130. The second kappa shape index (κ2) is 5.53. The topological polar surface area (TPSA) is 75.4 Å². The number of nitrogen functional groups attached to an aromatic ring is 1. The number of aryl methyl sites for hydroxylation is 1. The van der Waals surface area contributed by atoms with Crippen molar-refractivity contribution < 1.29 is 9.59 Å². The van der Waals surface area contributed by atoms with E-state index < -0.39 is 6.04 Å². The van der Waals surface area contributed by atoms with Crippen LogP contribution in [0.2, 0.25) is 0 Å². The highest BCUT2D eigenvalue weighted by atomic mass is 16.2. The molecule has 0 aliphatic carbocycles. The van der Waals surface area contributed by atoms with Crippen LogP contribution in [-0.2, 0) is 4.79 Å². The van der Waals surface area contributed by atoms with Crippen molar-refractivity contribution in [2.45, 2.75) is 19.9 Å². The number of nitrogens with two attached hydrogens (primary N) is 1. The lowest BCUT2D eigenvalue weighted by atomic mass is 10.1. The van der Waals surface area contributed by atoms with Gasteiger partial charge in [-0.1, -0.05) is 11.6 Å². The molecule has 0 heterocycles. The van der Waals surface area contributed by atoms with Crippen molar-refractivity contribution in [1.82, 2.24) is 10.2 Å². The van der Waals surface area contributed by atoms with Crippen molar-refractivity contribution in [3.05, 3.63) is 29.3 Å². The molecule has 1 atom stereocenters. The molecule has 1 aromatic carbocycles. The Labute approximate surface area is 107 Å². The second-order valence-corrected chi connectivity index (χ2v) is 4.52. The molecule has 0 bridgehead atoms. The number of anilines is 1. The standard InChI is InChI=1S/C13H19N3O2/c1-8-5-6-11(14)10(7-8)12(17)15-9(2)13(18)16(3)4/h5-7,9H,14H2,1-4H3,(H,15,17). The van der Waals surface area contributed by atoms with Crippen molar-refractivity contribution in [2.75, 3.05) is 19.8 Å². The fraction of sp³-hybridized carbons (Fsp3) is 0.385. The van der Waals surface area contributed by atoms with E-state index >= 15 is 0 Å². The average molecular weight is 249 g/mol. The van der Waals surface area contributed by atoms with E-state index in [4.69, 9.17) is 5.73 Å². The van der Waals surface area contributed by atoms with Crippen LogP contribution in [0.25, 0.3) is 0 Å². The van der Waals surface area contributed by atoms with Crippen LogP contribution in [0, 0.1) is 6.92 Å². The highest BCUT2D eigenvalue weighted by Gasteiger charge is 2.19. The molecule has 0 aliphatic rings. The molecule has 1 aromatic rings. The van der Waals surface area contributed by atoms with Crippen LogP contribution in [0.3, 0.4) is 0 Å². The fourth-order valence-corrected chi connectivity index (χ4v) is 1.59. The van der Waals surface area contributed by atoms with E-state index in [9.17, 15) is 9.59 Å². The Hall–Kier alpha value is -2.04. The minimum absolute atomic E-state index is 0.158. The van der Waals surface area contributed by atoms with Gasteiger partial charge in [-0.3, -0.25) is 9.59 Å². The maximum Gasteiger partial charge on any atom is 0.254 e. The predicted molar refractivity (Wildman–Crippen MR) is 71.2 cm³/mol. The monoisotopic (exact) mass is 249 g/mol. The number of nitrogens with zero attached hydrogens (tertiary/aromatic N) is 1. The molecule has 2 amide bonds. The largest absolute Gasteiger partial charge is 0.398 e. The van der Waals surface area contributed by atoms with Gasteiger partial charge in [-0.05, 0) is 26.0 Å². The summed E-state index contributed by atoms with van der Waals surface area (Å²) in [6.07, 6.45) is 0. The Kier molecular flexibility index (Phi) is 4.31. The zero-order chi connectivity index (χ0) is 13.9. The van der Waals surface area contributed by atoms with Gasteiger partial charge >= 0.3 is 0 Å². The minimum atomic E-state index is -0.576. The average Bonchev–Trinajstić information content (AvgIpc) is 2.30. The molecule has 0 saturated carbocycles. The third-order valence-electron chi connectivity index (χ3n) is 2.61. The summed E-state index contributed by atoms with van der Waals surface area (Å²) in [5.74, 6) is -0.492. The maximum atomic E-state index is 12.0. The zero-order valence-electron chi connectivity index (χ0n) is 11.2. The van der Waals surface area contributed by atoms with Gasteiger partial charge < -0.3 is 16.0 Å². The summed E-state index contributed by atoms with van der Waals surface area (Å²) in [5, 5.41) is 2.64. The van der Waals surface area contributed by atoms with E-state index in [1.54, 1.807) is 33.2 Å². The van der Waals surface area contributed by atoms with Crippen molar-refractivity contribution in [3.8, 4) is 0 Å². The first kappa shape index (κ1) is 14.0. The van der Waals surface area contributed by atoms with Gasteiger partial charge in [-0.25, -0.2) is 0 Å². The van der Waals surface area contributed by atoms with Gasteiger partial charge in [0.05, 0.1) is 5.56 Å². The van der Waals surface area contributed by atoms with Crippen LogP contribution >= 0.6 is 0 Å². The molecular weight excluding hydrogens is 230 g/mol. The maximum absolute atomic E-state index is 12.0. The number of benzene rings is 1. The van der Waals surface area contributed by atoms with Gasteiger partial charge in [0.2, 0.25) is 5.91 Å². The van der Waals surface area contributed by atoms with Crippen LogP contribution < -0.4 is 11.1 Å². The summed E-state index contributed by atoms with van der Waals surface area (Å²) in [5.41, 5.74) is 7.49. The Morgan fingerprint density at radius 2 is 1.94 bits per heavy atom. The SMILES string of the molecule is Cc1ccc(N)c(C(=O)NC(C)C(=O)N(C)C)c1. The Bertz CT molecular complexity index is 469. The molecule has 1 rings (SSSR count). The van der Waals surface area contributed by atoms with E-state index in [2.05, 4.69) is 5.32 Å². The molecule has 3 N–H and O–H groups in total. The summed E-state index contributed by atoms with van der Waals surface area (Å²) >= 11 is 0. The third-order valence-corrected chi connectivity index (χ3v) is 2.61. The van der Waals surface area contributed by atoms with Crippen LogP contribution in [0.5, 0.6) is 0 Å². The quantitative estimate of drug-likeness (QED) is 0.777. The first-order chi connectivity index (χ1) is 8.32. The summed E-state index contributed by atoms with van der Waals surface area (Å²) in [6, 6.07) is 4.65. The van der Waals surface area contributed by atoms with E-state index in [1.807, 2.05) is 13.0 Å². The highest BCUT2D eigenvalue weighted by Crippen LogP contribution is 2.13. The van der Waals surface area contributed by atoms with Crippen LogP contribution in [0.1, 0.15) is 22.8 Å². The van der Waals surface area contributed by atoms with Gasteiger partial charge in [-0.2, -0.15) is 0 Å². The summed E-state index contributed by atoms with van der Waals surface area (Å²) < 4.78 is 0. The number of likely N-dealkylation sites (N-methyl/N-ethyl adjacent to an activating group) is 1. The van der Waals surface area contributed by atoms with E-state index in [0.29, 0.717) is 11.3 Å². The predicted octanol–water partition coefficient (Wildman–Crippen LogP) is 0.784. The van der Waals surface area contributed by atoms with Crippen LogP contribution in [0.15, 0.2) is 18.2 Å². The Balaban J connectivity index is 2.83. The van der Waals surface area contributed by atoms with Gasteiger partial charge in [0, 0.05) is 19.8 Å². The van der Waals surface area contributed by atoms with E-state index in [1.165, 1.54) is 4.90 Å². The van der Waals surface area contributed by atoms with Crippen LogP contribution in [0.4, 0.5) is 5.69 Å². The van der Waals surface area contributed by atoms with E-state index in [-0.39, 0.29) is 11.8 Å². The zero-order valence-corrected chi connectivity index (χ0v) is 11.2. The molecule has 0 saturated heterocycles. The molecule has 5 nitrogen and oxygen atoms in total. The molecular formula is C13H19N3O2. The number of hydrogen-bond acceptors (Lipinski definition) is 3. The molecule has 98 valence electrons. The molecule has 0 fully saturated rings. The first-order valence-electron chi connectivity index (χ1n) is 5.71. The van der Waals surface area contributed by atoms with Gasteiger partial charge in [0.25, 0.3) is 5.91 Å². The normalized spacial score (nSPS) is 11.8. The first-order valence-corrected chi connectivity index (χ1v) is 5.71. The van der Waals surface area contributed by atoms with E-state index in [0.717, 1.165) is 5.56 Å². The Morgan fingerprint density at radius 1 is 1.33 bits per heavy atom. The summed E-state index contributed by atoms with van der Waals surface area (Å²) in [7, 11) is 3.29. The molecule has 0 aliphatic heterocycles. The molecule has 0 radical (unpaired) electrons. The molecule has 0 aromatic heterocycles. The fourth-order valence-electron chi connectivity index (χ4n) is 1.59. The number of amides is 2.